The second kappa shape index (κ2) is 2.84. The first-order valence-corrected chi connectivity index (χ1v) is 4.80. The molecule has 0 atom stereocenters. The summed E-state index contributed by atoms with van der Waals surface area (Å²) in [5, 5.41) is 0. The van der Waals surface area contributed by atoms with E-state index < -0.39 is 0 Å². The maximum atomic E-state index is 2.45. The van der Waals surface area contributed by atoms with Crippen molar-refractivity contribution in [1.82, 2.24) is 0 Å². The molecule has 11 heavy (non-hydrogen) atoms. The third-order valence-electron chi connectivity index (χ3n) is 2.90. The van der Waals surface area contributed by atoms with Crippen LogP contribution in [-0.4, -0.2) is 0 Å². The van der Waals surface area contributed by atoms with Gasteiger partial charge in [0.2, 0.25) is 0 Å². The van der Waals surface area contributed by atoms with Gasteiger partial charge in [-0.3, -0.25) is 0 Å². The Morgan fingerprint density at radius 1 is 1.27 bits per heavy atom. The number of rotatable bonds is 1. The lowest BCUT2D eigenvalue weighted by molar-refractivity contribution is 0.679. The summed E-state index contributed by atoms with van der Waals surface area (Å²) >= 11 is 0. The van der Waals surface area contributed by atoms with Crippen LogP contribution >= 0.6 is 0 Å². The molecule has 0 saturated heterocycles. The number of hydrogen-bond acceptors (Lipinski definition) is 0. The third kappa shape index (κ3) is 1.26. The Hall–Kier alpha value is -0.520. The standard InChI is InChI=1S/C11H16/c1-2-9-7-10-5-3-4-6-11(10)8-9/h7H,2-6,8H2,1H3. The summed E-state index contributed by atoms with van der Waals surface area (Å²) in [6.45, 7) is 2.27. The smallest absolute Gasteiger partial charge is 0.00995 e. The molecule has 0 aliphatic heterocycles. The van der Waals surface area contributed by atoms with E-state index in [-0.39, 0.29) is 0 Å². The van der Waals surface area contributed by atoms with Gasteiger partial charge in [-0.2, -0.15) is 0 Å². The molecule has 0 bridgehead atoms. The van der Waals surface area contributed by atoms with Crippen molar-refractivity contribution in [2.24, 2.45) is 0 Å². The fourth-order valence-electron chi connectivity index (χ4n) is 2.17. The highest BCUT2D eigenvalue weighted by atomic mass is 14.2. The highest BCUT2D eigenvalue weighted by molar-refractivity contribution is 5.40. The average molecular weight is 148 g/mol. The van der Waals surface area contributed by atoms with Gasteiger partial charge in [0, 0.05) is 0 Å². The molecule has 2 rings (SSSR count). The van der Waals surface area contributed by atoms with Gasteiger partial charge in [-0.05, 0) is 44.1 Å². The van der Waals surface area contributed by atoms with Crippen LogP contribution < -0.4 is 0 Å². The van der Waals surface area contributed by atoms with Crippen molar-refractivity contribution in [1.29, 1.82) is 0 Å². The lowest BCUT2D eigenvalue weighted by atomic mass is 9.93. The Morgan fingerprint density at radius 3 is 2.82 bits per heavy atom. The van der Waals surface area contributed by atoms with Gasteiger partial charge in [0.25, 0.3) is 0 Å². The Bertz CT molecular complexity index is 218. The number of allylic oxidation sites excluding steroid dienone is 4. The van der Waals surface area contributed by atoms with E-state index >= 15 is 0 Å². The summed E-state index contributed by atoms with van der Waals surface area (Å²) in [4.78, 5) is 0. The van der Waals surface area contributed by atoms with E-state index in [9.17, 15) is 0 Å². The molecule has 0 N–H and O–H groups in total. The second-order valence-electron chi connectivity index (χ2n) is 3.67. The molecule has 0 heteroatoms. The minimum absolute atomic E-state index is 1.26. The van der Waals surface area contributed by atoms with Crippen LogP contribution in [0.15, 0.2) is 22.8 Å². The zero-order valence-corrected chi connectivity index (χ0v) is 7.32. The topological polar surface area (TPSA) is 0 Å². The molecule has 0 radical (unpaired) electrons. The Balaban J connectivity index is 2.14. The lowest BCUT2D eigenvalue weighted by Gasteiger charge is -2.12. The molecule has 2 aliphatic rings. The van der Waals surface area contributed by atoms with Gasteiger partial charge >= 0.3 is 0 Å². The average Bonchev–Trinajstić information content (AvgIpc) is 2.46. The van der Waals surface area contributed by atoms with Crippen molar-refractivity contribution in [2.45, 2.75) is 45.4 Å². The summed E-state index contributed by atoms with van der Waals surface area (Å²) < 4.78 is 0. The first kappa shape index (κ1) is 7.15. The molecule has 0 fully saturated rings. The van der Waals surface area contributed by atoms with Gasteiger partial charge in [0.15, 0.2) is 0 Å². The van der Waals surface area contributed by atoms with Crippen LogP contribution in [0.2, 0.25) is 0 Å². The van der Waals surface area contributed by atoms with E-state index in [4.69, 9.17) is 0 Å². The molecule has 0 aromatic heterocycles. The van der Waals surface area contributed by atoms with Crippen LogP contribution in [0.4, 0.5) is 0 Å². The maximum absolute atomic E-state index is 2.45. The molecule has 0 nitrogen and oxygen atoms in total. The number of hydrogen-bond donors (Lipinski definition) is 0. The molecule has 0 amide bonds. The largest absolute Gasteiger partial charge is 0.0661 e. The molecule has 2 aliphatic carbocycles. The molecule has 60 valence electrons. The zero-order valence-electron chi connectivity index (χ0n) is 7.32. The maximum Gasteiger partial charge on any atom is -0.00995 e. The minimum Gasteiger partial charge on any atom is -0.0661 e. The van der Waals surface area contributed by atoms with Crippen LogP contribution in [0.3, 0.4) is 0 Å². The minimum atomic E-state index is 1.26. The summed E-state index contributed by atoms with van der Waals surface area (Å²) in [5.74, 6) is 0. The fraction of sp³-hybridized carbons (Fsp3) is 0.636. The summed E-state index contributed by atoms with van der Waals surface area (Å²) in [6, 6.07) is 0. The van der Waals surface area contributed by atoms with E-state index in [1.165, 1.54) is 38.5 Å². The molecule has 0 aromatic rings. The normalized spacial score (nSPS) is 23.5. The Morgan fingerprint density at radius 2 is 2.09 bits per heavy atom. The molecule has 0 unspecified atom stereocenters. The third-order valence-corrected chi connectivity index (χ3v) is 2.90. The fourth-order valence-corrected chi connectivity index (χ4v) is 2.17. The van der Waals surface area contributed by atoms with E-state index in [1.807, 2.05) is 0 Å². The van der Waals surface area contributed by atoms with Crippen molar-refractivity contribution in [3.8, 4) is 0 Å². The van der Waals surface area contributed by atoms with Crippen molar-refractivity contribution in [3.05, 3.63) is 22.8 Å². The van der Waals surface area contributed by atoms with Gasteiger partial charge in [-0.15, -0.1) is 0 Å². The van der Waals surface area contributed by atoms with Gasteiger partial charge in [0.05, 0.1) is 0 Å². The van der Waals surface area contributed by atoms with Crippen LogP contribution in [0, 0.1) is 0 Å². The summed E-state index contributed by atoms with van der Waals surface area (Å²) in [5.41, 5.74) is 5.11. The van der Waals surface area contributed by atoms with E-state index in [0.29, 0.717) is 0 Å². The summed E-state index contributed by atoms with van der Waals surface area (Å²) in [7, 11) is 0. The van der Waals surface area contributed by atoms with Gasteiger partial charge < -0.3 is 0 Å². The first-order valence-electron chi connectivity index (χ1n) is 4.80. The van der Waals surface area contributed by atoms with Crippen LogP contribution in [0.5, 0.6) is 0 Å². The SMILES string of the molecule is CCC1=CC2=C(CCCC2)C1. The summed E-state index contributed by atoms with van der Waals surface area (Å²) in [6.07, 6.45) is 10.6. The van der Waals surface area contributed by atoms with Crippen molar-refractivity contribution < 1.29 is 0 Å². The molecule has 0 aromatic carbocycles. The van der Waals surface area contributed by atoms with Crippen LogP contribution in [0.25, 0.3) is 0 Å². The van der Waals surface area contributed by atoms with Crippen molar-refractivity contribution in [3.63, 3.8) is 0 Å². The van der Waals surface area contributed by atoms with E-state index in [1.54, 1.807) is 16.7 Å². The quantitative estimate of drug-likeness (QED) is 0.533. The van der Waals surface area contributed by atoms with Gasteiger partial charge in [0.1, 0.15) is 0 Å². The molecular formula is C11H16. The molecule has 0 heterocycles. The van der Waals surface area contributed by atoms with Crippen molar-refractivity contribution in [2.75, 3.05) is 0 Å². The molecule has 0 spiro atoms. The molecule has 0 saturated carbocycles. The lowest BCUT2D eigenvalue weighted by Crippen LogP contribution is -1.93. The monoisotopic (exact) mass is 148 g/mol. The van der Waals surface area contributed by atoms with Crippen LogP contribution in [0.1, 0.15) is 45.4 Å². The highest BCUT2D eigenvalue weighted by Gasteiger charge is 2.17. The zero-order chi connectivity index (χ0) is 7.68. The first-order chi connectivity index (χ1) is 5.40. The predicted molar refractivity (Wildman–Crippen MR) is 48.5 cm³/mol. The van der Waals surface area contributed by atoms with Gasteiger partial charge in [-0.1, -0.05) is 24.1 Å². The second-order valence-corrected chi connectivity index (χ2v) is 3.67. The Kier molecular flexibility index (Phi) is 1.85. The molecular weight excluding hydrogens is 132 g/mol. The highest BCUT2D eigenvalue weighted by Crippen LogP contribution is 2.36. The Labute approximate surface area is 69.0 Å². The van der Waals surface area contributed by atoms with Crippen molar-refractivity contribution >= 4 is 0 Å². The van der Waals surface area contributed by atoms with Gasteiger partial charge in [-0.25, -0.2) is 0 Å². The van der Waals surface area contributed by atoms with E-state index in [2.05, 4.69) is 13.0 Å². The van der Waals surface area contributed by atoms with Crippen LogP contribution in [-0.2, 0) is 0 Å². The predicted octanol–water partition coefficient (Wildman–Crippen LogP) is 3.60. The van der Waals surface area contributed by atoms with E-state index in [0.717, 1.165) is 0 Å².